The predicted octanol–water partition coefficient (Wildman–Crippen LogP) is -0.421. The van der Waals surface area contributed by atoms with Gasteiger partial charge in [-0.2, -0.15) is 0 Å². The van der Waals surface area contributed by atoms with Gasteiger partial charge in [-0.15, -0.1) is 0 Å². The van der Waals surface area contributed by atoms with Crippen molar-refractivity contribution in [1.82, 2.24) is 0 Å². The summed E-state index contributed by atoms with van der Waals surface area (Å²) in [4.78, 5) is 0. The number of halogens is 2. The van der Waals surface area contributed by atoms with Gasteiger partial charge >= 0.3 is 4.63 Å². The lowest BCUT2D eigenvalue weighted by Crippen LogP contribution is -2.31. The minimum atomic E-state index is -0.139. The molecule has 0 saturated carbocycles. The van der Waals surface area contributed by atoms with Gasteiger partial charge in [0.2, 0.25) is 0 Å². The normalized spacial score (nSPS) is 6.50. The smallest absolute Gasteiger partial charge is 0.234 e. The third-order valence-corrected chi connectivity index (χ3v) is 0. The van der Waals surface area contributed by atoms with Gasteiger partial charge in [0.15, 0.2) is 0 Å². The Balaban J connectivity index is 2.80. The standard InChI is InChI=1S/CHCl2N/c2-1(3)4/h4H/p+1. The second-order valence-corrected chi connectivity index (χ2v) is 1.30. The molecule has 0 aliphatic rings. The first-order chi connectivity index (χ1) is 1.73. The summed E-state index contributed by atoms with van der Waals surface area (Å²) in [5.74, 6) is 0. The van der Waals surface area contributed by atoms with E-state index in [2.05, 4.69) is 5.41 Å². The Kier molecular flexibility index (Phi) is 1.66. The fraction of sp³-hybridized carbons (Fsp3) is 0. The van der Waals surface area contributed by atoms with Crippen molar-refractivity contribution in [2.24, 2.45) is 0 Å². The van der Waals surface area contributed by atoms with E-state index in [0.29, 0.717) is 0 Å². The summed E-state index contributed by atoms with van der Waals surface area (Å²) in [6.45, 7) is 0. The third-order valence-electron chi connectivity index (χ3n) is 0. The molecule has 1 nitrogen and oxygen atoms in total. The quantitative estimate of drug-likeness (QED) is 0.399. The summed E-state index contributed by atoms with van der Waals surface area (Å²) < 4.78 is -0.139. The molecule has 0 aromatic heterocycles. The van der Waals surface area contributed by atoms with Crippen molar-refractivity contribution in [3.05, 3.63) is 0 Å². The van der Waals surface area contributed by atoms with Crippen LogP contribution in [0.4, 0.5) is 0 Å². The van der Waals surface area contributed by atoms with Crippen LogP contribution in [0.15, 0.2) is 0 Å². The highest BCUT2D eigenvalue weighted by Gasteiger charge is 1.74. The largest absolute Gasteiger partial charge is 0.338 e. The van der Waals surface area contributed by atoms with Crippen LogP contribution in [0.5, 0.6) is 0 Å². The summed E-state index contributed by atoms with van der Waals surface area (Å²) >= 11 is 9.47. The van der Waals surface area contributed by atoms with E-state index in [9.17, 15) is 0 Å². The molecule has 2 N–H and O–H groups in total. The van der Waals surface area contributed by atoms with Crippen molar-refractivity contribution in [1.29, 1.82) is 0 Å². The Morgan fingerprint density at radius 3 is 1.50 bits per heavy atom. The summed E-state index contributed by atoms with van der Waals surface area (Å²) in [7, 11) is 0. The first kappa shape index (κ1) is 4.25. The van der Waals surface area contributed by atoms with Gasteiger partial charge in [0.25, 0.3) is 0 Å². The first-order valence-corrected chi connectivity index (χ1v) is 1.42. The van der Waals surface area contributed by atoms with Gasteiger partial charge in [0.05, 0.1) is 0 Å². The Bertz CT molecular complexity index is 29.0. The maximum absolute atomic E-state index is 4.73. The van der Waals surface area contributed by atoms with E-state index in [4.69, 9.17) is 23.2 Å². The molecule has 4 heavy (non-hydrogen) atoms. The zero-order valence-electron chi connectivity index (χ0n) is 1.83. The summed E-state index contributed by atoms with van der Waals surface area (Å²) in [5.41, 5.74) is 0. The van der Waals surface area contributed by atoms with Gasteiger partial charge in [-0.1, -0.05) is 0 Å². The van der Waals surface area contributed by atoms with Crippen LogP contribution in [0.25, 0.3) is 0 Å². The monoisotopic (exact) mass is 98.0 g/mol. The van der Waals surface area contributed by atoms with E-state index in [1.165, 1.54) is 0 Å². The Labute approximate surface area is 34.0 Å². The average molecular weight is 98.9 g/mol. The van der Waals surface area contributed by atoms with Gasteiger partial charge < -0.3 is 0 Å². The fourth-order valence-corrected chi connectivity index (χ4v) is 0. The average Bonchev–Trinajstić information content (AvgIpc) is 0.811. The lowest BCUT2D eigenvalue weighted by atomic mass is 11.7. The van der Waals surface area contributed by atoms with E-state index >= 15 is 0 Å². The highest BCUT2D eigenvalue weighted by Crippen LogP contribution is 1.75. The maximum Gasteiger partial charge on any atom is 0.338 e. The molecule has 0 rings (SSSR count). The molecule has 0 amide bonds. The van der Waals surface area contributed by atoms with E-state index < -0.39 is 0 Å². The van der Waals surface area contributed by atoms with Crippen LogP contribution in [0.1, 0.15) is 0 Å². The fourth-order valence-electron chi connectivity index (χ4n) is 0. The molecule has 0 radical (unpaired) electrons. The van der Waals surface area contributed by atoms with Crippen molar-refractivity contribution < 1.29 is 5.41 Å². The molecule has 0 unspecified atom stereocenters. The second kappa shape index (κ2) is 1.56. The molecule has 0 aromatic rings. The van der Waals surface area contributed by atoms with Crippen molar-refractivity contribution in [2.75, 3.05) is 0 Å². The number of rotatable bonds is 0. The number of nitrogens with two attached hydrogens (primary N) is 1. The minimum Gasteiger partial charge on any atom is -0.234 e. The maximum atomic E-state index is 4.73. The molecule has 0 bridgehead atoms. The highest BCUT2D eigenvalue weighted by atomic mass is 35.5. The Hall–Kier alpha value is 0.250. The molecule has 0 fully saturated rings. The Morgan fingerprint density at radius 1 is 1.50 bits per heavy atom. The van der Waals surface area contributed by atoms with Crippen LogP contribution in [-0.2, 0) is 0 Å². The van der Waals surface area contributed by atoms with Gasteiger partial charge in [0.1, 0.15) is 0 Å². The Morgan fingerprint density at radius 2 is 1.50 bits per heavy atom. The van der Waals surface area contributed by atoms with Gasteiger partial charge in [-0.3, -0.25) is 0 Å². The molecule has 0 atom stereocenters. The van der Waals surface area contributed by atoms with Crippen molar-refractivity contribution in [2.45, 2.75) is 0 Å². The minimum absolute atomic E-state index is 0.139. The topological polar surface area (TPSA) is 25.6 Å². The zero-order valence-corrected chi connectivity index (χ0v) is 3.35. The van der Waals surface area contributed by atoms with Crippen molar-refractivity contribution in [3.8, 4) is 0 Å². The van der Waals surface area contributed by atoms with Crippen LogP contribution in [0, 0.1) is 0 Å². The highest BCUT2D eigenvalue weighted by molar-refractivity contribution is 6.93. The molecule has 0 aliphatic heterocycles. The lowest BCUT2D eigenvalue weighted by Gasteiger charge is -1.45. The van der Waals surface area contributed by atoms with Crippen LogP contribution >= 0.6 is 23.2 Å². The van der Waals surface area contributed by atoms with Gasteiger partial charge in [-0.05, 0) is 0 Å². The number of hydrogen-bond acceptors (Lipinski definition) is 0. The number of hydrogen-bond donors (Lipinski definition) is 1. The van der Waals surface area contributed by atoms with Crippen molar-refractivity contribution in [3.63, 3.8) is 0 Å². The second-order valence-electron chi connectivity index (χ2n) is 0.290. The molecule has 24 valence electrons. The summed E-state index contributed by atoms with van der Waals surface area (Å²) in [6, 6.07) is 0. The molecule has 0 heterocycles. The van der Waals surface area contributed by atoms with Gasteiger partial charge in [-0.25, -0.2) is 5.41 Å². The molecular weight excluding hydrogens is 96.9 g/mol. The summed E-state index contributed by atoms with van der Waals surface area (Å²) in [5, 5.41) is 4.56. The van der Waals surface area contributed by atoms with Crippen LogP contribution in [-0.4, -0.2) is 4.63 Å². The molecule has 0 saturated heterocycles. The SMILES string of the molecule is [NH2+]=C(Cl)Cl. The molecule has 0 spiro atoms. The third kappa shape index (κ3) is 56.3. The van der Waals surface area contributed by atoms with Crippen LogP contribution in [0.3, 0.4) is 0 Å². The van der Waals surface area contributed by atoms with E-state index in [1.54, 1.807) is 0 Å². The van der Waals surface area contributed by atoms with E-state index in [1.807, 2.05) is 0 Å². The molecule has 0 aromatic carbocycles. The van der Waals surface area contributed by atoms with Crippen LogP contribution in [0.2, 0.25) is 0 Å². The first-order valence-electron chi connectivity index (χ1n) is 0.667. The lowest BCUT2D eigenvalue weighted by molar-refractivity contribution is -0.105. The molecule has 0 aliphatic carbocycles. The van der Waals surface area contributed by atoms with E-state index in [0.717, 1.165) is 0 Å². The van der Waals surface area contributed by atoms with E-state index in [-0.39, 0.29) is 4.63 Å². The van der Waals surface area contributed by atoms with Crippen LogP contribution < -0.4 is 5.41 Å². The molecular formula is CH2Cl2N+. The predicted molar refractivity (Wildman–Crippen MR) is 18.6 cm³/mol. The summed E-state index contributed by atoms with van der Waals surface area (Å²) in [6.07, 6.45) is 0. The van der Waals surface area contributed by atoms with Crippen molar-refractivity contribution >= 4 is 27.8 Å². The molecule has 3 heteroatoms. The van der Waals surface area contributed by atoms with Gasteiger partial charge in [0, 0.05) is 23.2 Å². The zero-order chi connectivity index (χ0) is 3.58.